The highest BCUT2D eigenvalue weighted by molar-refractivity contribution is 7.61. The number of imidazole rings is 1. The number of hydrogen-bond acceptors (Lipinski definition) is 17. The van der Waals surface area contributed by atoms with Crippen molar-refractivity contribution in [3.63, 3.8) is 0 Å². The summed E-state index contributed by atoms with van der Waals surface area (Å²) in [7, 11) is -16.4. The van der Waals surface area contributed by atoms with Crippen LogP contribution in [0.15, 0.2) is 36.9 Å². The molecule has 3 aromatic rings. The minimum absolute atomic E-state index is 0.0195. The topological polar surface area (TPSA) is 364 Å². The zero-order valence-corrected chi connectivity index (χ0v) is 44.7. The largest absolute Gasteiger partial charge is 0.481 e. The molecular formula is C45H74N7O17P3. The molecule has 72 heavy (non-hydrogen) atoms. The Balaban J connectivity index is 1.12. The second-order valence-electron chi connectivity index (χ2n) is 20.6. The van der Waals surface area contributed by atoms with Gasteiger partial charge in [-0.3, -0.25) is 32.5 Å². The van der Waals surface area contributed by atoms with Gasteiger partial charge in [0.2, 0.25) is 11.8 Å². The van der Waals surface area contributed by atoms with Crippen LogP contribution in [0.25, 0.3) is 11.2 Å². The predicted octanol–water partition coefficient (Wildman–Crippen LogP) is 5.34. The van der Waals surface area contributed by atoms with E-state index < -0.39 is 90.0 Å². The number of aromatic nitrogens is 4. The first-order valence-electron chi connectivity index (χ1n) is 23.9. The number of aliphatic hydroxyl groups excluding tert-OH is 2. The number of nitrogens with two attached hydrogens (primary N) is 1. The van der Waals surface area contributed by atoms with E-state index in [0.29, 0.717) is 5.41 Å². The fourth-order valence-corrected chi connectivity index (χ4v) is 10.7. The Labute approximate surface area is 420 Å². The number of ketones is 1. The van der Waals surface area contributed by atoms with E-state index in [0.717, 1.165) is 55.7 Å². The average molecular weight is 1080 g/mol. The Hall–Kier alpha value is -3.57. The van der Waals surface area contributed by atoms with Crippen molar-refractivity contribution in [2.45, 2.75) is 156 Å². The number of phosphoric acid groups is 3. The normalized spacial score (nSPS) is 20.0. The maximum Gasteiger partial charge on any atom is 0.481 e. The molecule has 4 rings (SSSR count). The number of benzene rings is 1. The number of unbranched alkanes of at least 4 members (excludes halogenated alkanes) is 4. The third kappa shape index (κ3) is 19.9. The molecule has 7 unspecified atom stereocenters. The molecule has 10 N–H and O–H groups in total. The lowest BCUT2D eigenvalue weighted by Crippen LogP contribution is -2.46. The highest BCUT2D eigenvalue weighted by Crippen LogP contribution is 2.61. The van der Waals surface area contributed by atoms with Gasteiger partial charge in [-0.05, 0) is 55.1 Å². The summed E-state index contributed by atoms with van der Waals surface area (Å²) in [4.78, 5) is 89.6. The van der Waals surface area contributed by atoms with Crippen LogP contribution >= 0.6 is 23.5 Å². The fraction of sp³-hybridized carbons (Fsp3) is 0.689. The molecular weight excluding hydrogens is 1000 g/mol. The van der Waals surface area contributed by atoms with Crippen LogP contribution in [0.2, 0.25) is 0 Å². The van der Waals surface area contributed by atoms with Crippen LogP contribution in [-0.2, 0) is 63.5 Å². The quantitative estimate of drug-likeness (QED) is 0.0290. The Morgan fingerprint density at radius 3 is 1.99 bits per heavy atom. The number of nitrogen functional groups attached to an aromatic ring is 1. The number of aryl methyl sites for hydroxylation is 2. The maximum absolute atomic E-state index is 13.0. The lowest BCUT2D eigenvalue weighted by molar-refractivity contribution is -0.137. The number of phosphoric ester groups is 3. The van der Waals surface area contributed by atoms with Crippen LogP contribution in [0, 0.1) is 16.2 Å². The van der Waals surface area contributed by atoms with Crippen LogP contribution in [0.1, 0.15) is 130 Å². The van der Waals surface area contributed by atoms with E-state index in [1.807, 2.05) is 13.8 Å². The summed E-state index contributed by atoms with van der Waals surface area (Å²) in [5.74, 6) is -1.46. The molecule has 1 aliphatic rings. The molecule has 0 radical (unpaired) electrons. The molecule has 1 aromatic carbocycles. The number of rotatable bonds is 31. The summed E-state index contributed by atoms with van der Waals surface area (Å²) in [6, 6.07) is 8.91. The summed E-state index contributed by atoms with van der Waals surface area (Å²) in [6.07, 6.45) is 3.86. The molecule has 0 saturated carbocycles. The number of carbonyl (C=O) groups excluding carboxylic acids is 3. The zero-order valence-electron chi connectivity index (χ0n) is 42.0. The van der Waals surface area contributed by atoms with Gasteiger partial charge in [0, 0.05) is 36.8 Å². The van der Waals surface area contributed by atoms with E-state index in [-0.39, 0.29) is 48.7 Å². The van der Waals surface area contributed by atoms with Gasteiger partial charge in [-0.25, -0.2) is 28.6 Å². The van der Waals surface area contributed by atoms with E-state index in [1.54, 1.807) is 0 Å². The van der Waals surface area contributed by atoms with Gasteiger partial charge >= 0.3 is 23.5 Å². The van der Waals surface area contributed by atoms with Gasteiger partial charge < -0.3 is 50.9 Å². The number of ether oxygens (including phenoxy) is 1. The lowest BCUT2D eigenvalue weighted by atomic mass is 9.81. The number of Topliss-reactive ketones (excluding diaryl/α,β-unsaturated/α-hetero) is 1. The molecule has 0 aliphatic carbocycles. The molecule has 1 aliphatic heterocycles. The van der Waals surface area contributed by atoms with Crippen LogP contribution in [-0.4, -0.2) is 118 Å². The summed E-state index contributed by atoms with van der Waals surface area (Å²) in [5, 5.41) is 26.7. The summed E-state index contributed by atoms with van der Waals surface area (Å²) in [6.45, 7) is 11.0. The lowest BCUT2D eigenvalue weighted by Gasteiger charge is -2.30. The molecule has 27 heteroatoms. The fourth-order valence-electron chi connectivity index (χ4n) is 7.84. The van der Waals surface area contributed by atoms with E-state index in [4.69, 9.17) is 19.5 Å². The maximum atomic E-state index is 13.0. The number of anilines is 1. The van der Waals surface area contributed by atoms with Crippen molar-refractivity contribution in [3.05, 3.63) is 48.0 Å². The number of nitrogens with one attached hydrogen (secondary N) is 2. The van der Waals surface area contributed by atoms with E-state index in [1.165, 1.54) is 50.7 Å². The molecule has 406 valence electrons. The smallest absolute Gasteiger partial charge is 0.386 e. The number of nitrogens with zero attached hydrogens (tertiary/aromatic N) is 4. The van der Waals surface area contributed by atoms with Gasteiger partial charge in [0.25, 0.3) is 0 Å². The SMILES string of the molecule is CC(C)(C)CCCCCc1ccc(CCCCCC(C)(C)C(=O)CCNC(=O)CCNC(=O)C(O)C(C)(C)COP(=O)(O)OP(=O)(O)OCC2OC(n3cnc4c(N)ncnc43)C(O)C2OP(=O)(O)O)cc1. The molecule has 24 nitrogen and oxygen atoms in total. The Morgan fingerprint density at radius 2 is 1.39 bits per heavy atom. The van der Waals surface area contributed by atoms with Crippen molar-refractivity contribution < 1.29 is 80.5 Å². The Morgan fingerprint density at radius 1 is 0.806 bits per heavy atom. The molecule has 0 spiro atoms. The van der Waals surface area contributed by atoms with Gasteiger partial charge in [-0.15, -0.1) is 0 Å². The van der Waals surface area contributed by atoms with Crippen molar-refractivity contribution in [1.29, 1.82) is 0 Å². The number of hydrogen-bond donors (Lipinski definition) is 9. The van der Waals surface area contributed by atoms with Crippen molar-refractivity contribution >= 4 is 58.0 Å². The van der Waals surface area contributed by atoms with Gasteiger partial charge in [0.15, 0.2) is 17.7 Å². The Bertz CT molecular complexity index is 2410. The number of amides is 2. The number of fused-ring (bicyclic) bond motifs is 1. The molecule has 1 fully saturated rings. The monoisotopic (exact) mass is 1080 g/mol. The third-order valence-corrected chi connectivity index (χ3v) is 15.3. The van der Waals surface area contributed by atoms with Crippen LogP contribution in [0.3, 0.4) is 0 Å². The first-order chi connectivity index (χ1) is 33.4. The van der Waals surface area contributed by atoms with E-state index >= 15 is 0 Å². The van der Waals surface area contributed by atoms with Gasteiger partial charge in [0.1, 0.15) is 42.0 Å². The second-order valence-corrected chi connectivity index (χ2v) is 24.9. The standard InChI is InChI=1S/C45H74N7O17P3/c1-43(2,3)22-12-8-10-14-30-16-18-31(19-17-30)15-11-9-13-23-44(4,5)33(53)20-24-47-34(54)21-25-48-41(57)38(56)45(6,7)27-66-72(63,64)69-71(61,62)65-26-32-37(68-70(58,59)60)36(55)42(67-32)52-29-51-35-39(46)49-28-50-40(35)52/h16-19,28-29,32,36-38,42,55-56H,8-15,20-27H2,1-7H3,(H,47,54)(H,48,57)(H,61,62)(H,63,64)(H2,46,49,50)(H2,58,59,60). The molecule has 0 bridgehead atoms. The average Bonchev–Trinajstić information content (AvgIpc) is 3.84. The minimum atomic E-state index is -5.59. The van der Waals surface area contributed by atoms with Crippen LogP contribution in [0.5, 0.6) is 0 Å². The van der Waals surface area contributed by atoms with Crippen LogP contribution < -0.4 is 16.4 Å². The minimum Gasteiger partial charge on any atom is -0.386 e. The predicted molar refractivity (Wildman–Crippen MR) is 263 cm³/mol. The van der Waals surface area contributed by atoms with E-state index in [9.17, 15) is 57.9 Å². The first-order valence-corrected chi connectivity index (χ1v) is 28.4. The molecule has 1 saturated heterocycles. The van der Waals surface area contributed by atoms with Crippen LogP contribution in [0.4, 0.5) is 5.82 Å². The van der Waals surface area contributed by atoms with Crippen molar-refractivity contribution in [3.8, 4) is 0 Å². The Kier molecular flexibility index (Phi) is 22.2. The second kappa shape index (κ2) is 26.3. The summed E-state index contributed by atoms with van der Waals surface area (Å²) >= 11 is 0. The highest BCUT2D eigenvalue weighted by Gasteiger charge is 2.50. The zero-order chi connectivity index (χ0) is 53.7. The molecule has 7 atom stereocenters. The molecule has 2 amide bonds. The third-order valence-electron chi connectivity index (χ3n) is 12.2. The van der Waals surface area contributed by atoms with Crippen molar-refractivity contribution in [2.24, 2.45) is 16.2 Å². The van der Waals surface area contributed by atoms with Crippen molar-refractivity contribution in [1.82, 2.24) is 30.2 Å². The van der Waals surface area contributed by atoms with Crippen molar-refractivity contribution in [2.75, 3.05) is 32.0 Å². The van der Waals surface area contributed by atoms with Gasteiger partial charge in [0.05, 0.1) is 19.5 Å². The van der Waals surface area contributed by atoms with E-state index in [2.05, 4.69) is 79.5 Å². The summed E-state index contributed by atoms with van der Waals surface area (Å²) < 4.78 is 62.6. The number of aliphatic hydroxyl groups is 2. The van der Waals surface area contributed by atoms with Gasteiger partial charge in [-0.1, -0.05) is 98.4 Å². The van der Waals surface area contributed by atoms with Gasteiger partial charge in [-0.2, -0.15) is 4.31 Å². The summed E-state index contributed by atoms with van der Waals surface area (Å²) in [5.41, 5.74) is 6.79. The first kappa shape index (κ1) is 61.0. The highest BCUT2D eigenvalue weighted by atomic mass is 31.3. The molecule has 3 heterocycles. The number of carbonyl (C=O) groups is 3. The molecule has 2 aromatic heterocycles.